The predicted molar refractivity (Wildman–Crippen MR) is 93.7 cm³/mol. The number of nitrogens with zero attached hydrogens (tertiary/aromatic N) is 1. The van der Waals surface area contributed by atoms with Crippen molar-refractivity contribution in [3.05, 3.63) is 64.2 Å². The van der Waals surface area contributed by atoms with Gasteiger partial charge in [0.1, 0.15) is 4.90 Å². The van der Waals surface area contributed by atoms with E-state index in [1.165, 1.54) is 12.1 Å². The molecule has 2 rings (SSSR count). The highest BCUT2D eigenvalue weighted by Crippen LogP contribution is 2.21. The standard InChI is InChI=1S/C16H16ClN3O3S/c1-10-3-5-12(6-4-10)11(2)19-20-16(21)13-7-8-14(17)15(9-13)24(18,22)23/h3-9H,1-2H3,(H,20,21)(H2,18,22,23)/b19-11-. The van der Waals surface area contributed by atoms with E-state index in [0.29, 0.717) is 5.71 Å². The van der Waals surface area contributed by atoms with Crippen LogP contribution in [0.2, 0.25) is 5.02 Å². The summed E-state index contributed by atoms with van der Waals surface area (Å²) in [4.78, 5) is 11.8. The summed E-state index contributed by atoms with van der Waals surface area (Å²) in [6.07, 6.45) is 0. The summed E-state index contributed by atoms with van der Waals surface area (Å²) in [6.45, 7) is 3.73. The third kappa shape index (κ3) is 4.41. The first-order valence-corrected chi connectivity index (χ1v) is 8.85. The Bertz CT molecular complexity index is 907. The number of halogens is 1. The van der Waals surface area contributed by atoms with Crippen LogP contribution in [-0.2, 0) is 10.0 Å². The fourth-order valence-corrected chi connectivity index (χ4v) is 2.99. The van der Waals surface area contributed by atoms with E-state index >= 15 is 0 Å². The molecule has 3 N–H and O–H groups in total. The molecule has 126 valence electrons. The normalized spacial score (nSPS) is 12.1. The number of aryl methyl sites for hydroxylation is 1. The number of sulfonamides is 1. The number of carbonyl (C=O) groups excluding carboxylic acids is 1. The molecule has 0 saturated heterocycles. The molecule has 6 nitrogen and oxygen atoms in total. The van der Waals surface area contributed by atoms with Gasteiger partial charge in [0.2, 0.25) is 10.0 Å². The van der Waals surface area contributed by atoms with Gasteiger partial charge >= 0.3 is 0 Å². The Kier molecular flexibility index (Phi) is 5.38. The molecule has 0 bridgehead atoms. The summed E-state index contributed by atoms with van der Waals surface area (Å²) >= 11 is 5.79. The van der Waals surface area contributed by atoms with Gasteiger partial charge in [0.05, 0.1) is 10.7 Å². The monoisotopic (exact) mass is 365 g/mol. The first-order valence-electron chi connectivity index (χ1n) is 6.92. The average Bonchev–Trinajstić information content (AvgIpc) is 2.52. The molecule has 8 heteroatoms. The molecule has 0 aliphatic carbocycles. The fraction of sp³-hybridized carbons (Fsp3) is 0.125. The van der Waals surface area contributed by atoms with Crippen LogP contribution < -0.4 is 10.6 Å². The molecular formula is C16H16ClN3O3S. The van der Waals surface area contributed by atoms with Gasteiger partial charge in [-0.2, -0.15) is 5.10 Å². The second kappa shape index (κ2) is 7.12. The van der Waals surface area contributed by atoms with Crippen LogP contribution in [0.15, 0.2) is 52.5 Å². The Balaban J connectivity index is 2.21. The molecule has 0 heterocycles. The SMILES string of the molecule is C/C(=N/NC(=O)c1ccc(Cl)c(S(N)(=O)=O)c1)c1ccc(C)cc1. The van der Waals surface area contributed by atoms with Crippen LogP contribution in [0.1, 0.15) is 28.4 Å². The Morgan fingerprint density at radius 2 is 1.71 bits per heavy atom. The molecular weight excluding hydrogens is 350 g/mol. The maximum atomic E-state index is 12.1. The van der Waals surface area contributed by atoms with Crippen LogP contribution in [0, 0.1) is 6.92 Å². The molecule has 1 amide bonds. The van der Waals surface area contributed by atoms with Crippen molar-refractivity contribution in [1.29, 1.82) is 0 Å². The lowest BCUT2D eigenvalue weighted by Gasteiger charge is -2.06. The van der Waals surface area contributed by atoms with Gasteiger partial charge in [0, 0.05) is 5.56 Å². The lowest BCUT2D eigenvalue weighted by molar-refractivity contribution is 0.0954. The molecule has 0 atom stereocenters. The van der Waals surface area contributed by atoms with Crippen molar-refractivity contribution < 1.29 is 13.2 Å². The second-order valence-corrected chi connectivity index (χ2v) is 7.13. The zero-order valence-electron chi connectivity index (χ0n) is 13.1. The number of rotatable bonds is 4. The number of benzene rings is 2. The Hall–Kier alpha value is -2.22. The minimum absolute atomic E-state index is 0.0478. The van der Waals surface area contributed by atoms with Crippen molar-refractivity contribution in [3.63, 3.8) is 0 Å². The number of hydrazone groups is 1. The molecule has 0 aromatic heterocycles. The predicted octanol–water partition coefficient (Wildman–Crippen LogP) is 2.45. The molecule has 0 spiro atoms. The highest BCUT2D eigenvalue weighted by atomic mass is 35.5. The topological polar surface area (TPSA) is 102 Å². The van der Waals surface area contributed by atoms with Crippen molar-refractivity contribution in [2.24, 2.45) is 10.2 Å². The fourth-order valence-electron chi connectivity index (χ4n) is 1.92. The molecule has 2 aromatic rings. The number of nitrogens with two attached hydrogens (primary N) is 1. The van der Waals surface area contributed by atoms with Gasteiger partial charge in [-0.05, 0) is 37.6 Å². The first-order chi connectivity index (χ1) is 11.2. The first kappa shape index (κ1) is 18.1. The lowest BCUT2D eigenvalue weighted by Crippen LogP contribution is -2.20. The number of amides is 1. The number of nitrogens with one attached hydrogen (secondary N) is 1. The van der Waals surface area contributed by atoms with Gasteiger partial charge in [-0.25, -0.2) is 19.0 Å². The smallest absolute Gasteiger partial charge is 0.267 e. The minimum Gasteiger partial charge on any atom is -0.267 e. The van der Waals surface area contributed by atoms with E-state index in [4.69, 9.17) is 16.7 Å². The summed E-state index contributed by atoms with van der Waals surface area (Å²) in [5.74, 6) is -0.567. The molecule has 24 heavy (non-hydrogen) atoms. The molecule has 0 aliphatic heterocycles. The summed E-state index contributed by atoms with van der Waals surface area (Å²) in [7, 11) is -4.02. The summed E-state index contributed by atoms with van der Waals surface area (Å²) in [5.41, 5.74) is 5.06. The Labute approximate surface area is 145 Å². The van der Waals surface area contributed by atoms with Crippen molar-refractivity contribution in [2.45, 2.75) is 18.7 Å². The molecule has 0 radical (unpaired) electrons. The largest absolute Gasteiger partial charge is 0.271 e. The van der Waals surface area contributed by atoms with E-state index in [9.17, 15) is 13.2 Å². The lowest BCUT2D eigenvalue weighted by atomic mass is 10.1. The molecule has 0 fully saturated rings. The highest BCUT2D eigenvalue weighted by molar-refractivity contribution is 7.89. The number of carbonyl (C=O) groups is 1. The van der Waals surface area contributed by atoms with E-state index in [0.717, 1.165) is 17.2 Å². The Morgan fingerprint density at radius 3 is 2.29 bits per heavy atom. The summed E-state index contributed by atoms with van der Waals surface area (Å²) in [6, 6.07) is 11.5. The van der Waals surface area contributed by atoms with Crippen LogP contribution in [0.3, 0.4) is 0 Å². The van der Waals surface area contributed by atoms with Crippen molar-refractivity contribution in [1.82, 2.24) is 5.43 Å². The molecule has 0 unspecified atom stereocenters. The highest BCUT2D eigenvalue weighted by Gasteiger charge is 2.16. The maximum Gasteiger partial charge on any atom is 0.271 e. The van der Waals surface area contributed by atoms with Crippen molar-refractivity contribution in [2.75, 3.05) is 0 Å². The van der Waals surface area contributed by atoms with Crippen LogP contribution in [0.4, 0.5) is 0 Å². The van der Waals surface area contributed by atoms with Gasteiger partial charge in [-0.3, -0.25) is 4.79 Å². The number of primary sulfonamides is 1. The second-order valence-electron chi connectivity index (χ2n) is 5.19. The average molecular weight is 366 g/mol. The molecule has 0 saturated carbocycles. The van der Waals surface area contributed by atoms with Crippen LogP contribution in [-0.4, -0.2) is 20.0 Å². The molecule has 0 aliphatic rings. The third-order valence-corrected chi connectivity index (χ3v) is 4.69. The molecule has 2 aromatic carbocycles. The van der Waals surface area contributed by atoms with Crippen LogP contribution in [0.5, 0.6) is 0 Å². The number of hydrogen-bond acceptors (Lipinski definition) is 4. The zero-order valence-corrected chi connectivity index (χ0v) is 14.6. The van der Waals surface area contributed by atoms with Crippen LogP contribution in [0.25, 0.3) is 0 Å². The van der Waals surface area contributed by atoms with Crippen molar-refractivity contribution >= 4 is 33.2 Å². The van der Waals surface area contributed by atoms with Gasteiger partial charge in [-0.1, -0.05) is 41.4 Å². The van der Waals surface area contributed by atoms with Gasteiger partial charge in [-0.15, -0.1) is 0 Å². The van der Waals surface area contributed by atoms with Gasteiger partial charge < -0.3 is 0 Å². The van der Waals surface area contributed by atoms with E-state index in [1.807, 2.05) is 31.2 Å². The maximum absolute atomic E-state index is 12.1. The van der Waals surface area contributed by atoms with Gasteiger partial charge in [0.15, 0.2) is 0 Å². The van der Waals surface area contributed by atoms with E-state index in [1.54, 1.807) is 6.92 Å². The summed E-state index contributed by atoms with van der Waals surface area (Å²) in [5, 5.41) is 9.04. The van der Waals surface area contributed by atoms with E-state index in [2.05, 4.69) is 10.5 Å². The quantitative estimate of drug-likeness (QED) is 0.642. The van der Waals surface area contributed by atoms with E-state index < -0.39 is 15.9 Å². The Morgan fingerprint density at radius 1 is 1.12 bits per heavy atom. The van der Waals surface area contributed by atoms with E-state index in [-0.39, 0.29) is 15.5 Å². The van der Waals surface area contributed by atoms with Crippen LogP contribution >= 0.6 is 11.6 Å². The number of hydrogen-bond donors (Lipinski definition) is 2. The summed E-state index contributed by atoms with van der Waals surface area (Å²) < 4.78 is 22.9. The third-order valence-electron chi connectivity index (χ3n) is 3.29. The minimum atomic E-state index is -4.02. The van der Waals surface area contributed by atoms with Gasteiger partial charge in [0.25, 0.3) is 5.91 Å². The zero-order chi connectivity index (χ0) is 17.9. The van der Waals surface area contributed by atoms with Crippen molar-refractivity contribution in [3.8, 4) is 0 Å².